The van der Waals surface area contributed by atoms with Gasteiger partial charge in [0.2, 0.25) is 0 Å². The van der Waals surface area contributed by atoms with Crippen molar-refractivity contribution in [2.45, 2.75) is 26.0 Å². The van der Waals surface area contributed by atoms with Crippen LogP contribution in [0.15, 0.2) is 84.1 Å². The number of para-hydroxylation sites is 2. The van der Waals surface area contributed by atoms with Crippen LogP contribution in [0.1, 0.15) is 30.5 Å². The average molecular weight is 499 g/mol. The number of ether oxygens (including phenoxy) is 3. The lowest BCUT2D eigenvalue weighted by atomic mass is 9.75. The molecule has 0 bridgehead atoms. The molecule has 37 heavy (non-hydrogen) atoms. The monoisotopic (exact) mass is 498 g/mol. The Morgan fingerprint density at radius 2 is 1.68 bits per heavy atom. The predicted molar refractivity (Wildman–Crippen MR) is 142 cm³/mol. The number of esters is 1. The molecule has 1 aliphatic heterocycles. The molecule has 7 nitrogen and oxygen atoms in total. The van der Waals surface area contributed by atoms with Crippen molar-refractivity contribution in [3.8, 4) is 11.5 Å². The maximum absolute atomic E-state index is 13.8. The standard InChI is InChI=1S/C30H30N2O5/c1-18-15-23-27(29(33)26(18)30(34)36-3)28(32-22-12-8-7-11-21(22)31-23)20-13-14-24(25(16-20)35-2)37-17-19-9-5-4-6-10-19/h4-14,16,18,26,28,31-32H,15,17H2,1-3H3/t18-,26+,28+/m0/s1. The van der Waals surface area contributed by atoms with Crippen LogP contribution >= 0.6 is 0 Å². The Labute approximate surface area is 216 Å². The molecule has 5 rings (SSSR count). The van der Waals surface area contributed by atoms with Crippen molar-refractivity contribution in [3.63, 3.8) is 0 Å². The third-order valence-electron chi connectivity index (χ3n) is 6.98. The van der Waals surface area contributed by atoms with E-state index in [0.29, 0.717) is 30.1 Å². The summed E-state index contributed by atoms with van der Waals surface area (Å²) in [5, 5.41) is 7.00. The molecule has 2 aliphatic rings. The van der Waals surface area contributed by atoms with Crippen molar-refractivity contribution in [2.24, 2.45) is 11.8 Å². The van der Waals surface area contributed by atoms with Gasteiger partial charge in [0.25, 0.3) is 0 Å². The van der Waals surface area contributed by atoms with Gasteiger partial charge in [-0.3, -0.25) is 9.59 Å². The zero-order valence-corrected chi connectivity index (χ0v) is 21.1. The Hall–Kier alpha value is -4.26. The third-order valence-corrected chi connectivity index (χ3v) is 6.98. The number of Topliss-reactive ketones (excluding diaryl/α,β-unsaturated/α-hetero) is 1. The summed E-state index contributed by atoms with van der Waals surface area (Å²) in [7, 11) is 2.92. The minimum absolute atomic E-state index is 0.194. The number of nitrogens with one attached hydrogen (secondary N) is 2. The molecule has 3 aromatic carbocycles. The van der Waals surface area contributed by atoms with Gasteiger partial charge in [0.1, 0.15) is 12.5 Å². The number of ketones is 1. The van der Waals surface area contributed by atoms with Gasteiger partial charge in [0, 0.05) is 11.3 Å². The Kier molecular flexibility index (Phi) is 6.86. The van der Waals surface area contributed by atoms with Crippen LogP contribution in [0, 0.1) is 11.8 Å². The summed E-state index contributed by atoms with van der Waals surface area (Å²) in [6.07, 6.45) is 0.544. The highest BCUT2D eigenvalue weighted by Crippen LogP contribution is 2.45. The number of carbonyl (C=O) groups is 2. The molecule has 7 heteroatoms. The van der Waals surface area contributed by atoms with Crippen molar-refractivity contribution in [3.05, 3.63) is 95.2 Å². The van der Waals surface area contributed by atoms with Gasteiger partial charge in [0.15, 0.2) is 17.3 Å². The first kappa shape index (κ1) is 24.4. The van der Waals surface area contributed by atoms with Gasteiger partial charge in [-0.15, -0.1) is 0 Å². The van der Waals surface area contributed by atoms with Crippen molar-refractivity contribution in [1.29, 1.82) is 0 Å². The van der Waals surface area contributed by atoms with E-state index in [-0.39, 0.29) is 11.7 Å². The van der Waals surface area contributed by atoms with Gasteiger partial charge in [-0.05, 0) is 47.7 Å². The Morgan fingerprint density at radius 1 is 0.946 bits per heavy atom. The van der Waals surface area contributed by atoms with Gasteiger partial charge >= 0.3 is 5.97 Å². The van der Waals surface area contributed by atoms with E-state index in [9.17, 15) is 9.59 Å². The van der Waals surface area contributed by atoms with E-state index in [1.807, 2.05) is 79.7 Å². The maximum Gasteiger partial charge on any atom is 0.316 e. The van der Waals surface area contributed by atoms with Crippen molar-refractivity contribution < 1.29 is 23.8 Å². The number of allylic oxidation sites excluding steroid dienone is 1. The quantitative estimate of drug-likeness (QED) is 0.343. The Balaban J connectivity index is 1.54. The first-order chi connectivity index (χ1) is 18.0. The van der Waals surface area contributed by atoms with Gasteiger partial charge in [0.05, 0.1) is 31.6 Å². The van der Waals surface area contributed by atoms with Crippen molar-refractivity contribution >= 4 is 23.1 Å². The Bertz CT molecular complexity index is 1350. The summed E-state index contributed by atoms with van der Waals surface area (Å²) in [6, 6.07) is 22.9. The van der Waals surface area contributed by atoms with E-state index in [1.54, 1.807) is 7.11 Å². The van der Waals surface area contributed by atoms with Crippen LogP contribution in [0.3, 0.4) is 0 Å². The molecule has 0 aromatic heterocycles. The minimum Gasteiger partial charge on any atom is -0.493 e. The molecule has 3 aromatic rings. The highest BCUT2D eigenvalue weighted by atomic mass is 16.5. The van der Waals surface area contributed by atoms with E-state index in [4.69, 9.17) is 14.2 Å². The summed E-state index contributed by atoms with van der Waals surface area (Å²) >= 11 is 0. The van der Waals surface area contributed by atoms with Crippen LogP contribution in [0.25, 0.3) is 0 Å². The second-order valence-corrected chi connectivity index (χ2v) is 9.37. The fraction of sp³-hybridized carbons (Fsp3) is 0.267. The number of anilines is 2. The predicted octanol–water partition coefficient (Wildman–Crippen LogP) is 5.51. The highest BCUT2D eigenvalue weighted by molar-refractivity contribution is 6.11. The number of methoxy groups -OCH3 is 2. The second-order valence-electron chi connectivity index (χ2n) is 9.37. The van der Waals surface area contributed by atoms with Gasteiger partial charge < -0.3 is 24.8 Å². The van der Waals surface area contributed by atoms with E-state index in [0.717, 1.165) is 28.2 Å². The molecule has 190 valence electrons. The largest absolute Gasteiger partial charge is 0.493 e. The molecule has 0 saturated carbocycles. The molecule has 0 amide bonds. The van der Waals surface area contributed by atoms with Crippen molar-refractivity contribution in [2.75, 3.05) is 24.9 Å². The van der Waals surface area contributed by atoms with Crippen LogP contribution in [-0.2, 0) is 20.9 Å². The molecule has 2 N–H and O–H groups in total. The van der Waals surface area contributed by atoms with E-state index >= 15 is 0 Å². The summed E-state index contributed by atoms with van der Waals surface area (Å²) in [5.74, 6) is -0.628. The number of hydrogen-bond acceptors (Lipinski definition) is 7. The number of benzene rings is 3. The molecular weight excluding hydrogens is 468 g/mol. The number of carbonyl (C=O) groups excluding carboxylic acids is 2. The first-order valence-electron chi connectivity index (χ1n) is 12.3. The van der Waals surface area contributed by atoms with Crippen LogP contribution in [0.2, 0.25) is 0 Å². The molecule has 0 saturated heterocycles. The van der Waals surface area contributed by atoms with Crippen LogP contribution in [0.4, 0.5) is 11.4 Å². The van der Waals surface area contributed by atoms with Crippen LogP contribution in [0.5, 0.6) is 11.5 Å². The minimum atomic E-state index is -0.855. The fourth-order valence-corrected chi connectivity index (χ4v) is 5.10. The molecule has 0 fully saturated rings. The molecule has 0 unspecified atom stereocenters. The van der Waals surface area contributed by atoms with Crippen molar-refractivity contribution in [1.82, 2.24) is 0 Å². The molecule has 1 aliphatic carbocycles. The first-order valence-corrected chi connectivity index (χ1v) is 12.3. The lowest BCUT2D eigenvalue weighted by molar-refractivity contribution is -0.151. The van der Waals surface area contributed by atoms with E-state index in [1.165, 1.54) is 7.11 Å². The van der Waals surface area contributed by atoms with E-state index < -0.39 is 17.9 Å². The summed E-state index contributed by atoms with van der Waals surface area (Å²) in [6.45, 7) is 2.31. The average Bonchev–Trinajstić information content (AvgIpc) is 3.09. The third kappa shape index (κ3) is 4.77. The smallest absolute Gasteiger partial charge is 0.316 e. The summed E-state index contributed by atoms with van der Waals surface area (Å²) < 4.78 is 16.7. The fourth-order valence-electron chi connectivity index (χ4n) is 5.10. The zero-order chi connectivity index (χ0) is 25.9. The number of fused-ring (bicyclic) bond motifs is 1. The Morgan fingerprint density at radius 3 is 2.41 bits per heavy atom. The lowest BCUT2D eigenvalue weighted by Crippen LogP contribution is -2.39. The zero-order valence-electron chi connectivity index (χ0n) is 21.1. The number of rotatable bonds is 6. The molecule has 0 radical (unpaired) electrons. The van der Waals surface area contributed by atoms with Gasteiger partial charge in [-0.25, -0.2) is 0 Å². The second kappa shape index (κ2) is 10.4. The molecule has 1 heterocycles. The molecule has 3 atom stereocenters. The maximum atomic E-state index is 13.8. The molecule has 0 spiro atoms. The number of hydrogen-bond donors (Lipinski definition) is 2. The highest BCUT2D eigenvalue weighted by Gasteiger charge is 2.44. The normalized spacial score (nSPS) is 20.5. The lowest BCUT2D eigenvalue weighted by Gasteiger charge is -2.32. The molecular formula is C30H30N2O5. The van der Waals surface area contributed by atoms with Crippen LogP contribution < -0.4 is 20.1 Å². The van der Waals surface area contributed by atoms with Crippen LogP contribution in [-0.4, -0.2) is 26.0 Å². The topological polar surface area (TPSA) is 85.9 Å². The SMILES string of the molecule is COC(=O)[C@H]1C(=O)C2=C(C[C@@H]1C)Nc1ccccc1N[C@@H]2c1ccc(OCc2ccccc2)c(OC)c1. The summed E-state index contributed by atoms with van der Waals surface area (Å²) in [5.41, 5.74) is 4.95. The summed E-state index contributed by atoms with van der Waals surface area (Å²) in [4.78, 5) is 26.4. The van der Waals surface area contributed by atoms with E-state index in [2.05, 4.69) is 10.6 Å². The van der Waals surface area contributed by atoms with Gasteiger partial charge in [-0.2, -0.15) is 0 Å². The van der Waals surface area contributed by atoms with Gasteiger partial charge in [-0.1, -0.05) is 55.5 Å².